The zero-order valence-electron chi connectivity index (χ0n) is 15.6. The third-order valence-electron chi connectivity index (χ3n) is 6.42. The minimum absolute atomic E-state index is 0. The number of likely N-dealkylation sites (tertiary alicyclic amines) is 1. The van der Waals surface area contributed by atoms with Gasteiger partial charge in [-0.25, -0.2) is 0 Å². The molecule has 3 heterocycles. The number of nitrogens with zero attached hydrogens (tertiary/aromatic N) is 3. The lowest BCUT2D eigenvalue weighted by molar-refractivity contribution is -0.134. The van der Waals surface area contributed by atoms with E-state index in [2.05, 4.69) is 28.4 Å². The summed E-state index contributed by atoms with van der Waals surface area (Å²) in [6.45, 7) is 4.83. The summed E-state index contributed by atoms with van der Waals surface area (Å²) in [5, 5.41) is 8.03. The fraction of sp³-hybridized carbons (Fsp3) is 0.789. The molecule has 1 N–H and O–H groups in total. The predicted octanol–water partition coefficient (Wildman–Crippen LogP) is 3.37. The molecule has 2 aliphatic heterocycles. The fourth-order valence-electron chi connectivity index (χ4n) is 4.93. The Labute approximate surface area is 169 Å². The molecule has 1 aromatic heterocycles. The molecule has 1 aliphatic carbocycles. The fourth-order valence-corrected chi connectivity index (χ4v) is 4.93. The highest BCUT2D eigenvalue weighted by Crippen LogP contribution is 2.34. The molecule has 7 heteroatoms. The van der Waals surface area contributed by atoms with Crippen LogP contribution in [0, 0.1) is 5.92 Å². The number of aromatic nitrogens is 2. The number of piperidine rings is 1. The molecular weight excluding hydrogens is 371 g/mol. The molecule has 3 fully saturated rings. The number of fused-ring (bicyclic) bond motifs is 1. The number of carbonyl (C=O) groups excluding carboxylic acids is 1. The van der Waals surface area contributed by atoms with Crippen molar-refractivity contribution in [1.82, 2.24) is 20.0 Å². The highest BCUT2D eigenvalue weighted by molar-refractivity contribution is 5.85. The van der Waals surface area contributed by atoms with Gasteiger partial charge in [0.25, 0.3) is 0 Å². The topological polar surface area (TPSA) is 50.2 Å². The molecular formula is C19H32Cl2N4O. The minimum atomic E-state index is 0. The molecule has 2 saturated heterocycles. The average molecular weight is 403 g/mol. The van der Waals surface area contributed by atoms with Gasteiger partial charge in [-0.05, 0) is 56.4 Å². The Kier molecular flexibility index (Phi) is 7.80. The normalized spacial score (nSPS) is 28.8. The van der Waals surface area contributed by atoms with Crippen molar-refractivity contribution in [1.29, 1.82) is 0 Å². The number of halogens is 2. The number of hydrogen-bond acceptors (Lipinski definition) is 3. The first-order valence-electron chi connectivity index (χ1n) is 9.81. The van der Waals surface area contributed by atoms with Crippen LogP contribution in [-0.4, -0.2) is 45.8 Å². The van der Waals surface area contributed by atoms with Crippen molar-refractivity contribution in [2.24, 2.45) is 5.92 Å². The minimum Gasteiger partial charge on any atom is -0.341 e. The van der Waals surface area contributed by atoms with Crippen LogP contribution in [0.2, 0.25) is 0 Å². The standard InChI is InChI=1S/C19H30N4O.2ClH/c1-2-23-13-16(12-20-23)14-7-9-22(10-8-14)19(24)18-11-15-5-3-4-6-17(15)21-18;;/h12-15,17-18,21H,2-11H2,1H3;2*1H. The molecule has 5 nitrogen and oxygen atoms in total. The molecule has 3 unspecified atom stereocenters. The van der Waals surface area contributed by atoms with Crippen molar-refractivity contribution in [2.45, 2.75) is 76.4 Å². The highest BCUT2D eigenvalue weighted by Gasteiger charge is 2.40. The van der Waals surface area contributed by atoms with Gasteiger partial charge in [0, 0.05) is 31.9 Å². The molecule has 0 aromatic carbocycles. The van der Waals surface area contributed by atoms with Gasteiger partial charge in [-0.3, -0.25) is 9.48 Å². The molecule has 1 aromatic rings. The second-order valence-corrected chi connectivity index (χ2v) is 7.83. The second kappa shape index (κ2) is 9.43. The van der Waals surface area contributed by atoms with Crippen LogP contribution in [0.15, 0.2) is 12.4 Å². The van der Waals surface area contributed by atoms with E-state index in [1.807, 2.05) is 10.9 Å². The summed E-state index contributed by atoms with van der Waals surface area (Å²) in [7, 11) is 0. The van der Waals surface area contributed by atoms with Crippen molar-refractivity contribution >= 4 is 30.7 Å². The summed E-state index contributed by atoms with van der Waals surface area (Å²) in [5.41, 5.74) is 1.34. The molecule has 148 valence electrons. The quantitative estimate of drug-likeness (QED) is 0.842. The summed E-state index contributed by atoms with van der Waals surface area (Å²) in [6, 6.07) is 0.683. The molecule has 0 bridgehead atoms. The number of aryl methyl sites for hydroxylation is 1. The summed E-state index contributed by atoms with van der Waals surface area (Å²) < 4.78 is 2.00. The lowest BCUT2D eigenvalue weighted by Gasteiger charge is -2.33. The van der Waals surface area contributed by atoms with Gasteiger partial charge in [0.15, 0.2) is 0 Å². The number of rotatable bonds is 3. The van der Waals surface area contributed by atoms with Gasteiger partial charge in [-0.2, -0.15) is 5.10 Å². The Morgan fingerprint density at radius 2 is 1.92 bits per heavy atom. The molecule has 1 saturated carbocycles. The van der Waals surface area contributed by atoms with Crippen LogP contribution in [0.5, 0.6) is 0 Å². The first kappa shape index (κ1) is 21.5. The van der Waals surface area contributed by atoms with Crippen LogP contribution >= 0.6 is 24.8 Å². The first-order valence-corrected chi connectivity index (χ1v) is 9.81. The van der Waals surface area contributed by atoms with Crippen molar-refractivity contribution in [2.75, 3.05) is 13.1 Å². The summed E-state index contributed by atoms with van der Waals surface area (Å²) >= 11 is 0. The second-order valence-electron chi connectivity index (χ2n) is 7.83. The van der Waals surface area contributed by atoms with Crippen molar-refractivity contribution < 1.29 is 4.79 Å². The lowest BCUT2D eigenvalue weighted by Crippen LogP contribution is -2.48. The van der Waals surface area contributed by atoms with Crippen LogP contribution in [0.3, 0.4) is 0 Å². The maximum atomic E-state index is 12.9. The smallest absolute Gasteiger partial charge is 0.239 e. The zero-order chi connectivity index (χ0) is 16.5. The van der Waals surface area contributed by atoms with Crippen molar-refractivity contribution in [3.63, 3.8) is 0 Å². The summed E-state index contributed by atoms with van der Waals surface area (Å²) in [4.78, 5) is 15.0. The van der Waals surface area contributed by atoms with E-state index in [9.17, 15) is 4.79 Å². The monoisotopic (exact) mass is 402 g/mol. The third-order valence-corrected chi connectivity index (χ3v) is 6.42. The maximum Gasteiger partial charge on any atom is 0.239 e. The Morgan fingerprint density at radius 1 is 1.19 bits per heavy atom. The predicted molar refractivity (Wildman–Crippen MR) is 108 cm³/mol. The first-order chi connectivity index (χ1) is 11.7. The number of nitrogens with one attached hydrogen (secondary N) is 1. The number of hydrogen-bond donors (Lipinski definition) is 1. The molecule has 0 radical (unpaired) electrons. The van der Waals surface area contributed by atoms with E-state index < -0.39 is 0 Å². The summed E-state index contributed by atoms with van der Waals surface area (Å²) in [5.74, 6) is 1.66. The average Bonchev–Trinajstić information content (AvgIpc) is 3.28. The van der Waals surface area contributed by atoms with Gasteiger partial charge in [-0.1, -0.05) is 12.8 Å². The van der Waals surface area contributed by atoms with E-state index in [-0.39, 0.29) is 30.9 Å². The van der Waals surface area contributed by atoms with E-state index in [0.29, 0.717) is 17.9 Å². The zero-order valence-corrected chi connectivity index (χ0v) is 17.2. The van der Waals surface area contributed by atoms with Crippen LogP contribution in [0.4, 0.5) is 0 Å². The molecule has 4 rings (SSSR count). The Bertz CT molecular complexity index is 572. The van der Waals surface area contributed by atoms with Crippen molar-refractivity contribution in [3.05, 3.63) is 18.0 Å². The largest absolute Gasteiger partial charge is 0.341 e. The van der Waals surface area contributed by atoms with Gasteiger partial charge >= 0.3 is 0 Å². The van der Waals surface area contributed by atoms with E-state index in [1.165, 1.54) is 31.2 Å². The lowest BCUT2D eigenvalue weighted by atomic mass is 9.85. The van der Waals surface area contributed by atoms with E-state index in [4.69, 9.17) is 0 Å². The highest BCUT2D eigenvalue weighted by atomic mass is 35.5. The molecule has 3 aliphatic rings. The Balaban J connectivity index is 0.00000121. The van der Waals surface area contributed by atoms with Crippen LogP contribution in [0.25, 0.3) is 0 Å². The van der Waals surface area contributed by atoms with E-state index in [0.717, 1.165) is 44.8 Å². The van der Waals surface area contributed by atoms with Gasteiger partial charge in [0.05, 0.1) is 12.2 Å². The van der Waals surface area contributed by atoms with Gasteiger partial charge in [-0.15, -0.1) is 24.8 Å². The summed E-state index contributed by atoms with van der Waals surface area (Å²) in [6.07, 6.45) is 12.6. The van der Waals surface area contributed by atoms with Gasteiger partial charge < -0.3 is 10.2 Å². The van der Waals surface area contributed by atoms with Crippen LogP contribution < -0.4 is 5.32 Å². The van der Waals surface area contributed by atoms with Crippen LogP contribution in [0.1, 0.15) is 63.4 Å². The van der Waals surface area contributed by atoms with Crippen LogP contribution in [-0.2, 0) is 11.3 Å². The molecule has 3 atom stereocenters. The number of amides is 1. The maximum absolute atomic E-state index is 12.9. The Morgan fingerprint density at radius 3 is 2.58 bits per heavy atom. The number of carbonyl (C=O) groups is 1. The van der Waals surface area contributed by atoms with E-state index >= 15 is 0 Å². The Hall–Kier alpha value is -0.780. The van der Waals surface area contributed by atoms with E-state index in [1.54, 1.807) is 0 Å². The van der Waals surface area contributed by atoms with Gasteiger partial charge in [0.1, 0.15) is 0 Å². The molecule has 0 spiro atoms. The molecule has 1 amide bonds. The van der Waals surface area contributed by atoms with Crippen molar-refractivity contribution in [3.8, 4) is 0 Å². The molecule has 26 heavy (non-hydrogen) atoms. The third kappa shape index (κ3) is 4.37. The van der Waals surface area contributed by atoms with Gasteiger partial charge in [0.2, 0.25) is 5.91 Å². The SMILES string of the molecule is CCn1cc(C2CCN(C(=O)C3CC4CCCCC4N3)CC2)cn1.Cl.Cl.